The predicted molar refractivity (Wildman–Crippen MR) is 98.5 cm³/mol. The van der Waals surface area contributed by atoms with Crippen LogP contribution in [-0.4, -0.2) is 13.1 Å². The van der Waals surface area contributed by atoms with Crippen LogP contribution in [0.25, 0.3) is 0 Å². The number of ether oxygens (including phenoxy) is 1. The van der Waals surface area contributed by atoms with Crippen molar-refractivity contribution >= 4 is 5.97 Å². The third kappa shape index (κ3) is 10.0. The van der Waals surface area contributed by atoms with Gasteiger partial charge in [-0.3, -0.25) is 4.79 Å². The second kappa shape index (κ2) is 13.9. The van der Waals surface area contributed by atoms with E-state index in [0.29, 0.717) is 6.42 Å². The Kier molecular flexibility index (Phi) is 12.4. The van der Waals surface area contributed by atoms with Crippen LogP contribution in [0.4, 0.5) is 0 Å². The molecule has 0 amide bonds. The lowest BCUT2D eigenvalue weighted by Crippen LogP contribution is -2.08. The van der Waals surface area contributed by atoms with Gasteiger partial charge in [0.15, 0.2) is 0 Å². The lowest BCUT2D eigenvalue weighted by molar-refractivity contribution is -0.140. The molecule has 2 nitrogen and oxygen atoms in total. The Morgan fingerprint density at radius 2 is 1.35 bits per heavy atom. The van der Waals surface area contributed by atoms with Gasteiger partial charge in [0.2, 0.25) is 0 Å². The quantitative estimate of drug-likeness (QED) is 0.263. The Bertz CT molecular complexity index is 288. The summed E-state index contributed by atoms with van der Waals surface area (Å²) in [5.74, 6) is 1.97. The molecule has 0 N–H and O–H groups in total. The zero-order chi connectivity index (χ0) is 16.8. The summed E-state index contributed by atoms with van der Waals surface area (Å²) >= 11 is 0. The Morgan fingerprint density at radius 1 is 0.826 bits per heavy atom. The number of hydrogen-bond donors (Lipinski definition) is 0. The minimum Gasteiger partial charge on any atom is -0.469 e. The number of rotatable bonds is 14. The van der Waals surface area contributed by atoms with Gasteiger partial charge < -0.3 is 4.74 Å². The Hall–Kier alpha value is -0.530. The van der Waals surface area contributed by atoms with Gasteiger partial charge >= 0.3 is 5.97 Å². The summed E-state index contributed by atoms with van der Waals surface area (Å²) in [7, 11) is 1.48. The van der Waals surface area contributed by atoms with E-state index in [-0.39, 0.29) is 5.97 Å². The summed E-state index contributed by atoms with van der Waals surface area (Å²) in [6.45, 7) is 2.29. The Labute approximate surface area is 144 Å². The molecule has 1 saturated carbocycles. The Morgan fingerprint density at radius 3 is 1.91 bits per heavy atom. The summed E-state index contributed by atoms with van der Waals surface area (Å²) in [5.41, 5.74) is 0. The van der Waals surface area contributed by atoms with Crippen LogP contribution < -0.4 is 0 Å². The van der Waals surface area contributed by atoms with Crippen LogP contribution in [0.15, 0.2) is 0 Å². The summed E-state index contributed by atoms with van der Waals surface area (Å²) in [6.07, 6.45) is 21.4. The first-order valence-corrected chi connectivity index (χ1v) is 10.3. The van der Waals surface area contributed by atoms with Gasteiger partial charge in [-0.15, -0.1) is 0 Å². The van der Waals surface area contributed by atoms with Crippen LogP contribution in [0.2, 0.25) is 0 Å². The molecule has 0 spiro atoms. The van der Waals surface area contributed by atoms with E-state index < -0.39 is 0 Å². The molecule has 0 aliphatic heterocycles. The standard InChI is InChI=1S/C21H40O2/c1-3-4-5-6-7-10-14-19-16-13-17-20(19)15-11-8-9-12-18-21(22)23-2/h19-20H,3-18H2,1-2H3/t19-,20+/m1/s1. The van der Waals surface area contributed by atoms with Crippen molar-refractivity contribution in [3.05, 3.63) is 0 Å². The second-order valence-corrected chi connectivity index (χ2v) is 7.54. The fourth-order valence-electron chi connectivity index (χ4n) is 4.19. The smallest absolute Gasteiger partial charge is 0.305 e. The molecule has 2 heteroatoms. The van der Waals surface area contributed by atoms with Gasteiger partial charge in [-0.05, 0) is 18.3 Å². The van der Waals surface area contributed by atoms with Crippen molar-refractivity contribution in [2.45, 2.75) is 110 Å². The first kappa shape index (κ1) is 20.5. The highest BCUT2D eigenvalue weighted by atomic mass is 16.5. The topological polar surface area (TPSA) is 26.3 Å². The lowest BCUT2D eigenvalue weighted by atomic mass is 9.86. The number of hydrogen-bond acceptors (Lipinski definition) is 2. The number of methoxy groups -OCH3 is 1. The molecule has 0 bridgehead atoms. The van der Waals surface area contributed by atoms with Crippen LogP contribution in [0.1, 0.15) is 110 Å². The van der Waals surface area contributed by atoms with Crippen molar-refractivity contribution in [1.29, 1.82) is 0 Å². The average Bonchev–Trinajstić information content (AvgIpc) is 3.01. The van der Waals surface area contributed by atoms with E-state index in [1.54, 1.807) is 0 Å². The van der Waals surface area contributed by atoms with Crippen LogP contribution >= 0.6 is 0 Å². The maximum absolute atomic E-state index is 11.1. The summed E-state index contributed by atoms with van der Waals surface area (Å²) < 4.78 is 4.68. The van der Waals surface area contributed by atoms with Crippen LogP contribution in [-0.2, 0) is 9.53 Å². The van der Waals surface area contributed by atoms with Gasteiger partial charge in [-0.25, -0.2) is 0 Å². The molecular weight excluding hydrogens is 284 g/mol. The van der Waals surface area contributed by atoms with E-state index in [2.05, 4.69) is 11.7 Å². The first-order valence-electron chi connectivity index (χ1n) is 10.3. The molecule has 23 heavy (non-hydrogen) atoms. The SMILES string of the molecule is CCCCCCCC[C@@H]1CCC[C@@H]1CCCCCCC(=O)OC. The molecule has 1 fully saturated rings. The number of unbranched alkanes of at least 4 members (excludes halogenated alkanes) is 8. The van der Waals surface area contributed by atoms with E-state index in [9.17, 15) is 4.79 Å². The highest BCUT2D eigenvalue weighted by Gasteiger charge is 2.25. The molecule has 0 unspecified atom stereocenters. The fraction of sp³-hybridized carbons (Fsp3) is 0.952. The molecule has 0 radical (unpaired) electrons. The fourth-order valence-corrected chi connectivity index (χ4v) is 4.19. The minimum atomic E-state index is -0.0557. The number of carbonyl (C=O) groups excluding carboxylic acids is 1. The molecule has 136 valence electrons. The summed E-state index contributed by atoms with van der Waals surface area (Å²) in [4.78, 5) is 11.1. The molecule has 1 rings (SSSR count). The van der Waals surface area contributed by atoms with E-state index in [4.69, 9.17) is 0 Å². The molecule has 0 aromatic heterocycles. The van der Waals surface area contributed by atoms with Gasteiger partial charge in [-0.2, -0.15) is 0 Å². The van der Waals surface area contributed by atoms with Crippen molar-refractivity contribution in [2.75, 3.05) is 7.11 Å². The van der Waals surface area contributed by atoms with Crippen LogP contribution in [0.5, 0.6) is 0 Å². The van der Waals surface area contributed by atoms with E-state index in [0.717, 1.165) is 18.3 Å². The maximum Gasteiger partial charge on any atom is 0.305 e. The van der Waals surface area contributed by atoms with Gasteiger partial charge in [0.05, 0.1) is 7.11 Å². The Balaban J connectivity index is 1.99. The normalized spacial score (nSPS) is 20.8. The third-order valence-corrected chi connectivity index (χ3v) is 5.68. The molecule has 0 saturated heterocycles. The zero-order valence-electron chi connectivity index (χ0n) is 15.8. The van der Waals surface area contributed by atoms with Crippen molar-refractivity contribution in [2.24, 2.45) is 11.8 Å². The highest BCUT2D eigenvalue weighted by Crippen LogP contribution is 2.38. The zero-order valence-corrected chi connectivity index (χ0v) is 15.8. The van der Waals surface area contributed by atoms with Crippen molar-refractivity contribution < 1.29 is 9.53 Å². The highest BCUT2D eigenvalue weighted by molar-refractivity contribution is 5.68. The van der Waals surface area contributed by atoms with Crippen LogP contribution in [0.3, 0.4) is 0 Å². The van der Waals surface area contributed by atoms with Crippen LogP contribution in [0, 0.1) is 11.8 Å². The number of carbonyl (C=O) groups is 1. The molecule has 1 aliphatic carbocycles. The monoisotopic (exact) mass is 324 g/mol. The number of esters is 1. The van der Waals surface area contributed by atoms with E-state index in [1.807, 2.05) is 0 Å². The van der Waals surface area contributed by atoms with E-state index in [1.165, 1.54) is 97.0 Å². The molecule has 2 atom stereocenters. The van der Waals surface area contributed by atoms with Gasteiger partial charge in [0, 0.05) is 6.42 Å². The van der Waals surface area contributed by atoms with Gasteiger partial charge in [-0.1, -0.05) is 96.8 Å². The second-order valence-electron chi connectivity index (χ2n) is 7.54. The van der Waals surface area contributed by atoms with Crippen molar-refractivity contribution in [3.63, 3.8) is 0 Å². The maximum atomic E-state index is 11.1. The molecule has 0 aromatic rings. The lowest BCUT2D eigenvalue weighted by Gasteiger charge is -2.19. The first-order chi connectivity index (χ1) is 11.3. The minimum absolute atomic E-state index is 0.0557. The molecular formula is C21H40O2. The van der Waals surface area contributed by atoms with Crippen molar-refractivity contribution in [1.82, 2.24) is 0 Å². The molecule has 0 heterocycles. The third-order valence-electron chi connectivity index (χ3n) is 5.68. The van der Waals surface area contributed by atoms with Gasteiger partial charge in [0.1, 0.15) is 0 Å². The van der Waals surface area contributed by atoms with Crippen molar-refractivity contribution in [3.8, 4) is 0 Å². The van der Waals surface area contributed by atoms with E-state index >= 15 is 0 Å². The average molecular weight is 325 g/mol. The molecule has 1 aliphatic rings. The molecule has 0 aromatic carbocycles. The largest absolute Gasteiger partial charge is 0.469 e. The summed E-state index contributed by atoms with van der Waals surface area (Å²) in [5, 5.41) is 0. The predicted octanol–water partition coefficient (Wildman–Crippen LogP) is 6.67. The van der Waals surface area contributed by atoms with Gasteiger partial charge in [0.25, 0.3) is 0 Å². The summed E-state index contributed by atoms with van der Waals surface area (Å²) in [6, 6.07) is 0.